The first-order valence-electron chi connectivity index (χ1n) is 17.1. The zero-order chi connectivity index (χ0) is 36.2. The van der Waals surface area contributed by atoms with Gasteiger partial charge in [-0.2, -0.15) is 0 Å². The molecule has 7 aromatic rings. The van der Waals surface area contributed by atoms with Crippen LogP contribution in [-0.2, 0) is 6.42 Å². The number of benzene rings is 4. The van der Waals surface area contributed by atoms with Crippen molar-refractivity contribution in [2.24, 2.45) is 0 Å². The average molecular weight is 697 g/mol. The van der Waals surface area contributed by atoms with Crippen molar-refractivity contribution in [1.29, 1.82) is 0 Å². The van der Waals surface area contributed by atoms with Gasteiger partial charge in [-0.1, -0.05) is 48.5 Å². The molecule has 0 spiro atoms. The van der Waals surface area contributed by atoms with Crippen LogP contribution in [0.15, 0.2) is 121 Å². The molecule has 0 fully saturated rings. The Morgan fingerprint density at radius 2 is 0.830 bits per heavy atom. The molecule has 0 saturated heterocycles. The lowest BCUT2D eigenvalue weighted by molar-refractivity contribution is 0.184. The summed E-state index contributed by atoms with van der Waals surface area (Å²) in [6, 6.07) is 35.5. The van der Waals surface area contributed by atoms with Gasteiger partial charge in [0.05, 0.1) is 22.8 Å². The third-order valence-corrected chi connectivity index (χ3v) is 9.64. The number of fused-ring (bicyclic) bond motifs is 8. The third kappa shape index (κ3) is 5.75. The Morgan fingerprint density at radius 1 is 0.453 bits per heavy atom. The van der Waals surface area contributed by atoms with E-state index in [1.165, 1.54) is 0 Å². The van der Waals surface area contributed by atoms with Crippen LogP contribution in [-0.4, -0.2) is 45.5 Å². The van der Waals surface area contributed by atoms with Crippen molar-refractivity contribution in [1.82, 2.24) is 19.9 Å². The van der Waals surface area contributed by atoms with Crippen LogP contribution in [0.2, 0.25) is 0 Å². The predicted molar refractivity (Wildman–Crippen MR) is 207 cm³/mol. The summed E-state index contributed by atoms with van der Waals surface area (Å²) >= 11 is 0. The predicted octanol–water partition coefficient (Wildman–Crippen LogP) is 9.25. The van der Waals surface area contributed by atoms with Gasteiger partial charge in [-0.3, -0.25) is 4.98 Å². The highest BCUT2D eigenvalue weighted by atomic mass is 16.3. The summed E-state index contributed by atoms with van der Waals surface area (Å²) in [5.74, 6) is 0.359. The summed E-state index contributed by atoms with van der Waals surface area (Å²) in [5.41, 5.74) is 10.6. The highest BCUT2D eigenvalue weighted by Gasteiger charge is 2.27. The first-order valence-corrected chi connectivity index (χ1v) is 17.1. The maximum Gasteiger partial charge on any atom is 0.116 e. The minimum atomic E-state index is -1.01. The molecule has 2 aliphatic heterocycles. The number of aliphatic hydroxyl groups excluding tert-OH is 1. The van der Waals surface area contributed by atoms with Crippen LogP contribution in [0.3, 0.4) is 0 Å². The summed E-state index contributed by atoms with van der Waals surface area (Å²) in [6.45, 7) is 0. The Hall–Kier alpha value is -7.10. The molecule has 2 aliphatic rings. The molecule has 0 aliphatic carbocycles. The van der Waals surface area contributed by atoms with Crippen LogP contribution in [0.4, 0.5) is 0 Å². The fourth-order valence-corrected chi connectivity index (χ4v) is 7.39. The molecule has 1 atom stereocenters. The maximum atomic E-state index is 11.8. The van der Waals surface area contributed by atoms with Crippen LogP contribution < -0.4 is 0 Å². The lowest BCUT2D eigenvalue weighted by Gasteiger charge is -2.09. The number of H-pyrrole nitrogens is 2. The normalized spacial score (nSPS) is 13.7. The van der Waals surface area contributed by atoms with Gasteiger partial charge in [0, 0.05) is 50.7 Å². The van der Waals surface area contributed by atoms with Gasteiger partial charge in [0.25, 0.3) is 0 Å². The summed E-state index contributed by atoms with van der Waals surface area (Å²) < 4.78 is 0. The lowest BCUT2D eigenvalue weighted by atomic mass is 9.99. The van der Waals surface area contributed by atoms with E-state index >= 15 is 0 Å². The highest BCUT2D eigenvalue weighted by Crippen LogP contribution is 2.41. The van der Waals surface area contributed by atoms with Gasteiger partial charge >= 0.3 is 0 Å². The number of aliphatic hydroxyl groups is 1. The van der Waals surface area contributed by atoms with E-state index in [2.05, 4.69) is 9.97 Å². The molecule has 9 heteroatoms. The lowest BCUT2D eigenvalue weighted by Crippen LogP contribution is -1.97. The van der Waals surface area contributed by atoms with Crippen LogP contribution in [0.5, 0.6) is 23.0 Å². The monoisotopic (exact) mass is 696 g/mol. The number of aromatic amines is 2. The van der Waals surface area contributed by atoms with Gasteiger partial charge in [-0.15, -0.1) is 0 Å². The SMILES string of the molecule is Oc1cccc(-c2c3nc(c(-c4cccc(O)c4)c4ccc([nH]4)c(-c4cccc(O)c4)c4nc(c(-c5cccc(O)c5)c5ccc2[nH]5)CC4O)C=C3)c1. The second-order valence-corrected chi connectivity index (χ2v) is 13.2. The van der Waals surface area contributed by atoms with E-state index in [1.54, 1.807) is 72.8 Å². The van der Waals surface area contributed by atoms with Crippen molar-refractivity contribution >= 4 is 34.2 Å². The molecule has 0 amide bonds. The Bertz CT molecular complexity index is 2800. The minimum absolute atomic E-state index is 0.0662. The molecule has 9 rings (SSSR count). The molecular weight excluding hydrogens is 665 g/mol. The number of hydrogen-bond donors (Lipinski definition) is 7. The minimum Gasteiger partial charge on any atom is -0.508 e. The molecule has 258 valence electrons. The number of phenols is 4. The fourth-order valence-electron chi connectivity index (χ4n) is 7.39. The van der Waals surface area contributed by atoms with E-state index in [4.69, 9.17) is 9.97 Å². The number of hydrogen-bond acceptors (Lipinski definition) is 7. The molecule has 1 unspecified atom stereocenters. The molecule has 9 nitrogen and oxygen atoms in total. The molecular formula is C44H32N4O5. The molecule has 53 heavy (non-hydrogen) atoms. The summed E-state index contributed by atoms with van der Waals surface area (Å²) in [4.78, 5) is 17.5. The van der Waals surface area contributed by atoms with Crippen LogP contribution in [0.1, 0.15) is 28.9 Å². The number of aromatic hydroxyl groups is 4. The standard InChI is InChI=1S/C44H32N4O5/c49-28-9-1-5-24(19-28)40-32-13-14-33(45-32)41(25-6-2-10-29(50)20-25)35-17-18-37(47-35)43(27-8-4-12-31(52)22-27)44-39(53)23-38(48-44)42(36-16-15-34(40)46-36)26-7-3-11-30(51)21-26/h1-22,39,46-47,49-53H,23H2. The number of rotatable bonds is 4. The topological polar surface area (TPSA) is 159 Å². The van der Waals surface area contributed by atoms with E-state index in [0.717, 1.165) is 27.8 Å². The third-order valence-electron chi connectivity index (χ3n) is 9.64. The van der Waals surface area contributed by atoms with Crippen molar-refractivity contribution in [3.05, 3.63) is 144 Å². The summed E-state index contributed by atoms with van der Waals surface area (Å²) in [7, 11) is 0. The molecule has 5 heterocycles. The van der Waals surface area contributed by atoms with Gasteiger partial charge in [0.2, 0.25) is 0 Å². The summed E-state index contributed by atoms with van der Waals surface area (Å²) in [6.07, 6.45) is 3.04. The van der Waals surface area contributed by atoms with Crippen LogP contribution in [0.25, 0.3) is 78.7 Å². The first-order chi connectivity index (χ1) is 25.8. The van der Waals surface area contributed by atoms with E-state index in [9.17, 15) is 25.5 Å². The average Bonchev–Trinajstić information content (AvgIpc) is 3.96. The van der Waals surface area contributed by atoms with E-state index in [0.29, 0.717) is 61.6 Å². The zero-order valence-corrected chi connectivity index (χ0v) is 28.1. The van der Waals surface area contributed by atoms with Crippen molar-refractivity contribution in [2.45, 2.75) is 12.5 Å². The van der Waals surface area contributed by atoms with Crippen LogP contribution in [0, 0.1) is 0 Å². The zero-order valence-electron chi connectivity index (χ0n) is 28.1. The van der Waals surface area contributed by atoms with Gasteiger partial charge in [0.1, 0.15) is 29.1 Å². The Morgan fingerprint density at radius 3 is 1.26 bits per heavy atom. The fraction of sp³-hybridized carbons (Fsp3) is 0.0455. The molecule has 0 radical (unpaired) electrons. The summed E-state index contributed by atoms with van der Waals surface area (Å²) in [5, 5.41) is 54.2. The molecule has 8 bridgehead atoms. The van der Waals surface area contributed by atoms with Gasteiger partial charge in [-0.25, -0.2) is 4.98 Å². The quantitative estimate of drug-likeness (QED) is 0.0966. The van der Waals surface area contributed by atoms with E-state index < -0.39 is 6.10 Å². The largest absolute Gasteiger partial charge is 0.508 e. The van der Waals surface area contributed by atoms with Gasteiger partial charge in [0.15, 0.2) is 0 Å². The highest BCUT2D eigenvalue weighted by molar-refractivity contribution is 5.97. The van der Waals surface area contributed by atoms with Crippen molar-refractivity contribution in [2.75, 3.05) is 0 Å². The number of aromatic nitrogens is 4. The van der Waals surface area contributed by atoms with Crippen molar-refractivity contribution < 1.29 is 25.5 Å². The van der Waals surface area contributed by atoms with Crippen LogP contribution >= 0.6 is 0 Å². The van der Waals surface area contributed by atoms with Crippen molar-refractivity contribution in [3.63, 3.8) is 0 Å². The number of phenolic OH excluding ortho intramolecular Hbond substituents is 4. The Labute approximate surface area is 303 Å². The Kier molecular flexibility index (Phi) is 7.57. The van der Waals surface area contributed by atoms with Gasteiger partial charge in [-0.05, 0) is 107 Å². The van der Waals surface area contributed by atoms with Crippen molar-refractivity contribution in [3.8, 4) is 67.5 Å². The first kappa shape index (κ1) is 31.9. The molecule has 7 N–H and O–H groups in total. The Balaban J connectivity index is 1.50. The molecule has 0 saturated carbocycles. The maximum absolute atomic E-state index is 11.8. The molecule has 3 aromatic heterocycles. The smallest absolute Gasteiger partial charge is 0.116 e. The number of nitrogens with zero attached hydrogens (tertiary/aromatic N) is 2. The molecule has 4 aromatic carbocycles. The van der Waals surface area contributed by atoms with Gasteiger partial charge < -0.3 is 35.5 Å². The number of nitrogens with one attached hydrogen (secondary N) is 2. The van der Waals surface area contributed by atoms with E-state index in [-0.39, 0.29) is 29.4 Å². The second-order valence-electron chi connectivity index (χ2n) is 13.2. The second kappa shape index (κ2) is 12.6. The van der Waals surface area contributed by atoms with E-state index in [1.807, 2.05) is 60.7 Å².